The molecule has 0 spiro atoms. The van der Waals surface area contributed by atoms with Crippen LogP contribution in [0.5, 0.6) is 11.5 Å². The fraction of sp³-hybridized carbons (Fsp3) is 0.524. The van der Waals surface area contributed by atoms with E-state index < -0.39 is 12.0 Å². The van der Waals surface area contributed by atoms with Crippen LogP contribution in [0.1, 0.15) is 31.4 Å². The summed E-state index contributed by atoms with van der Waals surface area (Å²) in [6.45, 7) is 4.85. The third-order valence-corrected chi connectivity index (χ3v) is 5.59. The smallest absolute Gasteiger partial charge is 0.338 e. The first-order chi connectivity index (χ1) is 14.0. The maximum absolute atomic E-state index is 12.7. The van der Waals surface area contributed by atoms with Crippen LogP contribution in [0.3, 0.4) is 0 Å². The zero-order valence-electron chi connectivity index (χ0n) is 17.5. The topological polar surface area (TPSA) is 90.3 Å². The molecule has 29 heavy (non-hydrogen) atoms. The molecular weight excluding hydrogens is 374 g/mol. The van der Waals surface area contributed by atoms with E-state index in [1.165, 1.54) is 18.4 Å². The van der Waals surface area contributed by atoms with Crippen molar-refractivity contribution in [3.63, 3.8) is 0 Å². The van der Waals surface area contributed by atoms with Gasteiger partial charge in [0.25, 0.3) is 0 Å². The van der Waals surface area contributed by atoms with Gasteiger partial charge < -0.3 is 29.7 Å². The van der Waals surface area contributed by atoms with Crippen LogP contribution in [0.15, 0.2) is 29.5 Å². The number of likely N-dealkylation sites (tertiary alicyclic amines) is 1. The van der Waals surface area contributed by atoms with Crippen molar-refractivity contribution in [2.24, 2.45) is 5.92 Å². The molecule has 2 aliphatic heterocycles. The van der Waals surface area contributed by atoms with Crippen molar-refractivity contribution < 1.29 is 28.7 Å². The number of piperidine rings is 1. The molecule has 2 amide bonds. The molecule has 8 nitrogen and oxygen atoms in total. The quantitative estimate of drug-likeness (QED) is 0.611. The van der Waals surface area contributed by atoms with Crippen molar-refractivity contribution in [1.82, 2.24) is 10.6 Å². The second kappa shape index (κ2) is 9.17. The number of esters is 1. The van der Waals surface area contributed by atoms with Gasteiger partial charge in [-0.1, -0.05) is 13.0 Å². The monoisotopic (exact) mass is 404 g/mol. The number of amides is 2. The minimum absolute atomic E-state index is 0.336. The zero-order chi connectivity index (χ0) is 21.0. The first kappa shape index (κ1) is 21.0. The summed E-state index contributed by atoms with van der Waals surface area (Å²) in [7, 11) is 4.46. The third-order valence-electron chi connectivity index (χ3n) is 5.59. The van der Waals surface area contributed by atoms with Gasteiger partial charge in [0.2, 0.25) is 0 Å². The number of hydrogen-bond acceptors (Lipinski definition) is 5. The van der Waals surface area contributed by atoms with E-state index in [1.54, 1.807) is 26.4 Å². The Morgan fingerprint density at radius 2 is 1.97 bits per heavy atom. The number of ether oxygens (including phenoxy) is 3. The molecule has 158 valence electrons. The van der Waals surface area contributed by atoms with Gasteiger partial charge in [-0.3, -0.25) is 0 Å². The van der Waals surface area contributed by atoms with Crippen LogP contribution in [-0.2, 0) is 9.53 Å². The van der Waals surface area contributed by atoms with Gasteiger partial charge in [0, 0.05) is 5.92 Å². The van der Waals surface area contributed by atoms with Gasteiger partial charge >= 0.3 is 12.0 Å². The third kappa shape index (κ3) is 4.64. The lowest BCUT2D eigenvalue weighted by molar-refractivity contribution is -0.904. The Balaban J connectivity index is 2.00. The molecule has 3 N–H and O–H groups in total. The first-order valence-electron chi connectivity index (χ1n) is 9.91. The van der Waals surface area contributed by atoms with Crippen molar-refractivity contribution >= 4 is 12.0 Å². The number of quaternary nitrogens is 1. The van der Waals surface area contributed by atoms with Crippen LogP contribution in [0.25, 0.3) is 0 Å². The fourth-order valence-corrected chi connectivity index (χ4v) is 4.20. The van der Waals surface area contributed by atoms with Crippen LogP contribution in [0.4, 0.5) is 4.79 Å². The molecule has 1 aromatic rings. The molecule has 8 heteroatoms. The fourth-order valence-electron chi connectivity index (χ4n) is 4.20. The summed E-state index contributed by atoms with van der Waals surface area (Å²) in [4.78, 5) is 26.5. The predicted octanol–water partition coefficient (Wildman–Crippen LogP) is 0.800. The summed E-state index contributed by atoms with van der Waals surface area (Å²) in [5, 5.41) is 5.70. The highest BCUT2D eigenvalue weighted by molar-refractivity contribution is 5.95. The lowest BCUT2D eigenvalue weighted by atomic mass is 9.94. The number of carbonyl (C=O) groups is 2. The van der Waals surface area contributed by atoms with Gasteiger partial charge in [-0.2, -0.15) is 0 Å². The number of hydrogen-bond donors (Lipinski definition) is 3. The Kier molecular flexibility index (Phi) is 6.64. The van der Waals surface area contributed by atoms with E-state index >= 15 is 0 Å². The summed E-state index contributed by atoms with van der Waals surface area (Å²) < 4.78 is 15.7. The standard InChI is InChI=1S/C21H29N3O5/c1-13-6-5-9-24(11-13)12-15-18(20(25)29-4)19(23-21(26)22-15)14-7-8-16(27-2)17(10-14)28-3/h7-8,10,13,19H,5-6,9,11-12H2,1-4H3,(H2,22,23,26)/p+1/t13-,19-/m0/s1. The number of nitrogens with one attached hydrogen (secondary N) is 3. The van der Waals surface area contributed by atoms with Gasteiger partial charge in [-0.15, -0.1) is 0 Å². The molecule has 2 aliphatic rings. The molecule has 3 atom stereocenters. The molecule has 1 unspecified atom stereocenters. The molecular formula is C21H30N3O5+. The lowest BCUT2D eigenvalue weighted by Crippen LogP contribution is -3.14. The highest BCUT2D eigenvalue weighted by Crippen LogP contribution is 2.34. The van der Waals surface area contributed by atoms with Gasteiger partial charge in [0.1, 0.15) is 6.54 Å². The van der Waals surface area contributed by atoms with E-state index in [0.29, 0.717) is 35.2 Å². The first-order valence-corrected chi connectivity index (χ1v) is 9.91. The Labute approximate surface area is 171 Å². The number of carbonyl (C=O) groups excluding carboxylic acids is 2. The second-order valence-electron chi connectivity index (χ2n) is 7.66. The second-order valence-corrected chi connectivity index (χ2v) is 7.66. The van der Waals surface area contributed by atoms with E-state index in [1.807, 2.05) is 6.07 Å². The average Bonchev–Trinajstić information content (AvgIpc) is 2.72. The van der Waals surface area contributed by atoms with E-state index in [4.69, 9.17) is 14.2 Å². The molecule has 0 saturated carbocycles. The van der Waals surface area contributed by atoms with Crippen molar-refractivity contribution in [2.45, 2.75) is 25.8 Å². The number of rotatable bonds is 6. The molecule has 2 heterocycles. The van der Waals surface area contributed by atoms with Crippen LogP contribution in [0, 0.1) is 5.92 Å². The van der Waals surface area contributed by atoms with E-state index in [-0.39, 0.29) is 6.03 Å². The zero-order valence-corrected chi connectivity index (χ0v) is 17.5. The molecule has 0 aliphatic carbocycles. The minimum atomic E-state index is -0.632. The Hall–Kier alpha value is -2.74. The van der Waals surface area contributed by atoms with Crippen LogP contribution in [-0.4, -0.2) is 53.0 Å². The highest BCUT2D eigenvalue weighted by atomic mass is 16.5. The Morgan fingerprint density at radius 1 is 1.21 bits per heavy atom. The SMILES string of the molecule is COC(=O)C1=C(C[NH+]2CCC[C@H](C)C2)NC(=O)N[C@H]1c1ccc(OC)c(OC)c1. The van der Waals surface area contributed by atoms with Gasteiger partial charge in [-0.25, -0.2) is 9.59 Å². The number of benzene rings is 1. The van der Waals surface area contributed by atoms with Crippen molar-refractivity contribution in [3.05, 3.63) is 35.0 Å². The number of urea groups is 1. The molecule has 1 aromatic carbocycles. The van der Waals surface area contributed by atoms with E-state index in [9.17, 15) is 9.59 Å². The maximum atomic E-state index is 12.7. The Morgan fingerprint density at radius 3 is 2.62 bits per heavy atom. The summed E-state index contributed by atoms with van der Waals surface area (Å²) in [5.41, 5.74) is 1.76. The Bertz CT molecular complexity index is 808. The van der Waals surface area contributed by atoms with Gasteiger partial charge in [-0.05, 0) is 30.5 Å². The average molecular weight is 404 g/mol. The molecule has 0 radical (unpaired) electrons. The summed E-state index contributed by atoms with van der Waals surface area (Å²) in [5.74, 6) is 1.27. The van der Waals surface area contributed by atoms with E-state index in [0.717, 1.165) is 25.1 Å². The summed E-state index contributed by atoms with van der Waals surface area (Å²) in [6.07, 6.45) is 2.36. The molecule has 0 bridgehead atoms. The molecule has 1 fully saturated rings. The minimum Gasteiger partial charge on any atom is -0.493 e. The van der Waals surface area contributed by atoms with Crippen LogP contribution < -0.4 is 25.0 Å². The van der Waals surface area contributed by atoms with Crippen molar-refractivity contribution in [1.29, 1.82) is 0 Å². The normalized spacial score (nSPS) is 24.4. The largest absolute Gasteiger partial charge is 0.493 e. The maximum Gasteiger partial charge on any atom is 0.338 e. The summed E-state index contributed by atoms with van der Waals surface area (Å²) in [6, 6.07) is 4.37. The van der Waals surface area contributed by atoms with Gasteiger partial charge in [0.05, 0.1) is 51.7 Å². The highest BCUT2D eigenvalue weighted by Gasteiger charge is 2.36. The van der Waals surface area contributed by atoms with Crippen molar-refractivity contribution in [3.8, 4) is 11.5 Å². The van der Waals surface area contributed by atoms with Gasteiger partial charge in [0.15, 0.2) is 11.5 Å². The molecule has 0 aromatic heterocycles. The molecule has 1 saturated heterocycles. The lowest BCUT2D eigenvalue weighted by Gasteiger charge is -2.33. The van der Waals surface area contributed by atoms with E-state index in [2.05, 4.69) is 17.6 Å². The predicted molar refractivity (Wildman–Crippen MR) is 107 cm³/mol. The molecule has 3 rings (SSSR count). The van der Waals surface area contributed by atoms with Crippen LogP contribution >= 0.6 is 0 Å². The number of methoxy groups -OCH3 is 3. The van der Waals surface area contributed by atoms with Crippen molar-refractivity contribution in [2.75, 3.05) is 41.0 Å². The van der Waals surface area contributed by atoms with Crippen LogP contribution in [0.2, 0.25) is 0 Å². The summed E-state index contributed by atoms with van der Waals surface area (Å²) >= 11 is 0.